The lowest BCUT2D eigenvalue weighted by molar-refractivity contribution is 0.815. The third-order valence-electron chi connectivity index (χ3n) is 1.89. The van der Waals surface area contributed by atoms with Crippen molar-refractivity contribution < 1.29 is 0 Å². The van der Waals surface area contributed by atoms with Crippen molar-refractivity contribution >= 4 is 0 Å². The third kappa shape index (κ3) is 12.4. The Labute approximate surface area is 100 Å². The number of allylic oxidation sites excluding steroid dienone is 11. The van der Waals surface area contributed by atoms with Gasteiger partial charge in [-0.3, -0.25) is 0 Å². The van der Waals surface area contributed by atoms with Crippen molar-refractivity contribution in [2.75, 3.05) is 0 Å². The Bertz CT molecular complexity index is 285. The Kier molecular flexibility index (Phi) is 12.1. The molecule has 0 amide bonds. The van der Waals surface area contributed by atoms with E-state index in [1.165, 1.54) is 19.3 Å². The summed E-state index contributed by atoms with van der Waals surface area (Å²) in [7, 11) is 0. The topological polar surface area (TPSA) is 0 Å². The largest absolute Gasteiger partial charge is 0.0991 e. The second-order valence-corrected chi connectivity index (χ2v) is 3.35. The molecule has 0 rings (SSSR count). The molecule has 86 valence electrons. The number of hydrogen-bond donors (Lipinski definition) is 0. The van der Waals surface area contributed by atoms with Gasteiger partial charge in [0.1, 0.15) is 0 Å². The molecular weight excluding hydrogens is 192 g/mol. The van der Waals surface area contributed by atoms with Crippen LogP contribution in [0, 0.1) is 0 Å². The molecule has 0 fully saturated rings. The van der Waals surface area contributed by atoms with Crippen LogP contribution < -0.4 is 0 Å². The summed E-state index contributed by atoms with van der Waals surface area (Å²) in [6, 6.07) is 0. The standard InChI is InChI=1S/C16H22/c1-3-5-7-9-11-13-15-16-14-12-10-8-6-4-2/h3,5,7,9-16H,1,4,6,8H2,2H3. The van der Waals surface area contributed by atoms with E-state index in [1.54, 1.807) is 6.08 Å². The van der Waals surface area contributed by atoms with Crippen molar-refractivity contribution in [2.45, 2.75) is 26.2 Å². The highest BCUT2D eigenvalue weighted by atomic mass is 13.8. The minimum absolute atomic E-state index is 1.18. The first-order valence-corrected chi connectivity index (χ1v) is 5.86. The van der Waals surface area contributed by atoms with Gasteiger partial charge < -0.3 is 0 Å². The van der Waals surface area contributed by atoms with Gasteiger partial charge in [0.15, 0.2) is 0 Å². The summed E-state index contributed by atoms with van der Waals surface area (Å²) in [6.07, 6.45) is 25.7. The first-order chi connectivity index (χ1) is 7.91. The third-order valence-corrected chi connectivity index (χ3v) is 1.89. The van der Waals surface area contributed by atoms with Gasteiger partial charge in [-0.15, -0.1) is 0 Å². The van der Waals surface area contributed by atoms with E-state index in [2.05, 4.69) is 31.7 Å². The molecule has 0 aliphatic heterocycles. The highest BCUT2D eigenvalue weighted by Gasteiger charge is 1.74. The summed E-state index contributed by atoms with van der Waals surface area (Å²) >= 11 is 0. The van der Waals surface area contributed by atoms with E-state index in [4.69, 9.17) is 0 Å². The molecule has 0 aliphatic rings. The number of unbranched alkanes of at least 4 members (excludes halogenated alkanes) is 2. The predicted octanol–water partition coefficient (Wildman–Crippen LogP) is 5.14. The van der Waals surface area contributed by atoms with Crippen molar-refractivity contribution in [3.8, 4) is 0 Å². The van der Waals surface area contributed by atoms with Crippen LogP contribution in [0.4, 0.5) is 0 Å². The Morgan fingerprint density at radius 3 is 1.75 bits per heavy atom. The molecule has 0 saturated carbocycles. The van der Waals surface area contributed by atoms with Crippen LogP contribution in [0.5, 0.6) is 0 Å². The van der Waals surface area contributed by atoms with Crippen molar-refractivity contribution in [3.05, 3.63) is 73.4 Å². The van der Waals surface area contributed by atoms with Crippen molar-refractivity contribution in [2.24, 2.45) is 0 Å². The minimum Gasteiger partial charge on any atom is -0.0991 e. The van der Waals surface area contributed by atoms with Gasteiger partial charge in [-0.1, -0.05) is 93.2 Å². The maximum Gasteiger partial charge on any atom is -0.0348 e. The molecule has 0 nitrogen and oxygen atoms in total. The predicted molar refractivity (Wildman–Crippen MR) is 75.4 cm³/mol. The second kappa shape index (κ2) is 13.4. The van der Waals surface area contributed by atoms with Crippen molar-refractivity contribution in [1.82, 2.24) is 0 Å². The SMILES string of the molecule is C=CC=CC=CC=CC=CC=CCCCC. The summed E-state index contributed by atoms with van der Waals surface area (Å²) in [6.45, 7) is 5.80. The maximum absolute atomic E-state index is 3.59. The molecule has 0 N–H and O–H groups in total. The van der Waals surface area contributed by atoms with Gasteiger partial charge in [-0.25, -0.2) is 0 Å². The van der Waals surface area contributed by atoms with Crippen LogP contribution in [-0.2, 0) is 0 Å². The van der Waals surface area contributed by atoms with Gasteiger partial charge in [0.25, 0.3) is 0 Å². The summed E-state index contributed by atoms with van der Waals surface area (Å²) in [5.74, 6) is 0. The van der Waals surface area contributed by atoms with E-state index >= 15 is 0 Å². The summed E-state index contributed by atoms with van der Waals surface area (Å²) < 4.78 is 0. The van der Waals surface area contributed by atoms with Crippen LogP contribution in [0.2, 0.25) is 0 Å². The normalized spacial score (nSPS) is 13.1. The molecule has 0 heterocycles. The Morgan fingerprint density at radius 2 is 1.25 bits per heavy atom. The lowest BCUT2D eigenvalue weighted by Gasteiger charge is -1.84. The molecule has 0 atom stereocenters. The zero-order chi connectivity index (χ0) is 11.9. The first-order valence-electron chi connectivity index (χ1n) is 5.86. The molecule has 0 aromatic rings. The van der Waals surface area contributed by atoms with Crippen LogP contribution in [-0.4, -0.2) is 0 Å². The van der Waals surface area contributed by atoms with Crippen LogP contribution >= 0.6 is 0 Å². The lowest BCUT2D eigenvalue weighted by atomic mass is 10.2. The zero-order valence-electron chi connectivity index (χ0n) is 10.2. The lowest BCUT2D eigenvalue weighted by Crippen LogP contribution is -1.64. The van der Waals surface area contributed by atoms with Crippen molar-refractivity contribution in [3.63, 3.8) is 0 Å². The fourth-order valence-electron chi connectivity index (χ4n) is 1.02. The Morgan fingerprint density at radius 1 is 0.750 bits per heavy atom. The first kappa shape index (κ1) is 14.4. The van der Waals surface area contributed by atoms with Crippen molar-refractivity contribution in [1.29, 1.82) is 0 Å². The molecular formula is C16H22. The fourth-order valence-corrected chi connectivity index (χ4v) is 1.02. The van der Waals surface area contributed by atoms with Gasteiger partial charge in [-0.2, -0.15) is 0 Å². The quantitative estimate of drug-likeness (QED) is 0.387. The molecule has 0 spiro atoms. The van der Waals surface area contributed by atoms with Crippen LogP contribution in [0.1, 0.15) is 26.2 Å². The van der Waals surface area contributed by atoms with Gasteiger partial charge >= 0.3 is 0 Å². The van der Waals surface area contributed by atoms with E-state index in [0.29, 0.717) is 0 Å². The van der Waals surface area contributed by atoms with Crippen LogP contribution in [0.15, 0.2) is 73.4 Å². The molecule has 0 aliphatic carbocycles. The second-order valence-electron chi connectivity index (χ2n) is 3.35. The molecule has 16 heavy (non-hydrogen) atoms. The molecule has 0 saturated heterocycles. The van der Waals surface area contributed by atoms with Gasteiger partial charge in [0, 0.05) is 0 Å². The summed E-state index contributed by atoms with van der Waals surface area (Å²) in [4.78, 5) is 0. The van der Waals surface area contributed by atoms with E-state index in [1.807, 2.05) is 42.5 Å². The average Bonchev–Trinajstić information content (AvgIpc) is 2.31. The van der Waals surface area contributed by atoms with Gasteiger partial charge in [-0.05, 0) is 6.42 Å². The highest BCUT2D eigenvalue weighted by Crippen LogP contribution is 1.94. The van der Waals surface area contributed by atoms with E-state index in [-0.39, 0.29) is 0 Å². The van der Waals surface area contributed by atoms with E-state index in [0.717, 1.165) is 0 Å². The average molecular weight is 214 g/mol. The maximum atomic E-state index is 3.59. The summed E-state index contributed by atoms with van der Waals surface area (Å²) in [5.41, 5.74) is 0. The Balaban J connectivity index is 3.62. The molecule has 0 bridgehead atoms. The monoisotopic (exact) mass is 214 g/mol. The molecule has 0 unspecified atom stereocenters. The number of rotatable bonds is 8. The van der Waals surface area contributed by atoms with E-state index in [9.17, 15) is 0 Å². The molecule has 0 aromatic carbocycles. The smallest absolute Gasteiger partial charge is 0.0348 e. The van der Waals surface area contributed by atoms with Crippen LogP contribution in [0.25, 0.3) is 0 Å². The molecule has 0 radical (unpaired) electrons. The van der Waals surface area contributed by atoms with Gasteiger partial charge in [0.05, 0.1) is 0 Å². The fraction of sp³-hybridized carbons (Fsp3) is 0.250. The van der Waals surface area contributed by atoms with Crippen LogP contribution in [0.3, 0.4) is 0 Å². The Hall–Kier alpha value is -1.56. The molecule has 0 heteroatoms. The zero-order valence-corrected chi connectivity index (χ0v) is 10.2. The summed E-state index contributed by atoms with van der Waals surface area (Å²) in [5, 5.41) is 0. The highest BCUT2D eigenvalue weighted by molar-refractivity contribution is 5.18. The number of hydrogen-bond acceptors (Lipinski definition) is 0. The van der Waals surface area contributed by atoms with Gasteiger partial charge in [0.2, 0.25) is 0 Å². The minimum atomic E-state index is 1.18. The molecule has 0 aromatic heterocycles. The van der Waals surface area contributed by atoms with E-state index < -0.39 is 0 Å².